The number of carbonyl (C=O) groups excluding carboxylic acids is 3. The van der Waals surface area contributed by atoms with Crippen molar-refractivity contribution in [3.63, 3.8) is 0 Å². The summed E-state index contributed by atoms with van der Waals surface area (Å²) in [5, 5.41) is 0. The van der Waals surface area contributed by atoms with E-state index in [1.807, 2.05) is 0 Å². The molecule has 1 unspecified atom stereocenters. The minimum absolute atomic E-state index is 0.0707. The van der Waals surface area contributed by atoms with Gasteiger partial charge in [-0.2, -0.15) is 0 Å². The van der Waals surface area contributed by atoms with Gasteiger partial charge in [0.05, 0.1) is 0 Å². The van der Waals surface area contributed by atoms with Crippen molar-refractivity contribution in [2.75, 3.05) is 13.2 Å². The molecule has 0 amide bonds. The van der Waals surface area contributed by atoms with Crippen LogP contribution in [0.15, 0.2) is 36.5 Å². The van der Waals surface area contributed by atoms with Crippen LogP contribution in [-0.2, 0) is 28.6 Å². The quantitative estimate of drug-likeness (QED) is 0.0261. The largest absolute Gasteiger partial charge is 0.462 e. The highest BCUT2D eigenvalue weighted by atomic mass is 16.6. The van der Waals surface area contributed by atoms with Crippen LogP contribution in [0.25, 0.3) is 0 Å². The van der Waals surface area contributed by atoms with Crippen LogP contribution in [0.2, 0.25) is 0 Å². The van der Waals surface area contributed by atoms with Gasteiger partial charge in [-0.05, 0) is 70.6 Å². The summed E-state index contributed by atoms with van der Waals surface area (Å²) in [5.41, 5.74) is 0. The Morgan fingerprint density at radius 1 is 0.247 bits per heavy atom. The summed E-state index contributed by atoms with van der Waals surface area (Å²) in [4.78, 5) is 38.3. The van der Waals surface area contributed by atoms with Crippen LogP contribution in [0.5, 0.6) is 0 Å². The molecule has 6 heteroatoms. The van der Waals surface area contributed by atoms with Gasteiger partial charge in [0.25, 0.3) is 0 Å². The van der Waals surface area contributed by atoms with Crippen molar-refractivity contribution in [1.82, 2.24) is 0 Å². The van der Waals surface area contributed by atoms with E-state index in [9.17, 15) is 14.4 Å². The molecule has 0 aliphatic carbocycles. The number of allylic oxidation sites excluding steroid dienone is 6. The zero-order valence-corrected chi connectivity index (χ0v) is 54.8. The number of unbranched alkanes of at least 4 members (excludes halogenated alkanes) is 51. The van der Waals surface area contributed by atoms with Gasteiger partial charge in [0.2, 0.25) is 0 Å². The van der Waals surface area contributed by atoms with Gasteiger partial charge in [0.1, 0.15) is 13.2 Å². The van der Waals surface area contributed by atoms with Crippen molar-refractivity contribution in [3.8, 4) is 0 Å². The third-order valence-corrected chi connectivity index (χ3v) is 16.6. The normalized spacial score (nSPS) is 12.2. The first-order valence-electron chi connectivity index (χ1n) is 36.5. The summed E-state index contributed by atoms with van der Waals surface area (Å²) >= 11 is 0. The molecule has 81 heavy (non-hydrogen) atoms. The van der Waals surface area contributed by atoms with Crippen molar-refractivity contribution < 1.29 is 28.6 Å². The smallest absolute Gasteiger partial charge is 0.306 e. The predicted molar refractivity (Wildman–Crippen MR) is 353 cm³/mol. The van der Waals surface area contributed by atoms with Crippen LogP contribution in [0, 0.1) is 0 Å². The summed E-state index contributed by atoms with van der Waals surface area (Å²) in [7, 11) is 0. The first-order chi connectivity index (χ1) is 40.0. The molecule has 0 aromatic rings. The maximum Gasteiger partial charge on any atom is 0.306 e. The van der Waals surface area contributed by atoms with E-state index in [0.29, 0.717) is 19.3 Å². The van der Waals surface area contributed by atoms with E-state index in [2.05, 4.69) is 57.2 Å². The fourth-order valence-electron chi connectivity index (χ4n) is 11.1. The Morgan fingerprint density at radius 2 is 0.469 bits per heavy atom. The van der Waals surface area contributed by atoms with E-state index in [4.69, 9.17) is 14.2 Å². The predicted octanol–water partition coefficient (Wildman–Crippen LogP) is 25.1. The summed E-state index contributed by atoms with van der Waals surface area (Å²) in [6.07, 6.45) is 87.8. The van der Waals surface area contributed by atoms with Crippen LogP contribution in [0.4, 0.5) is 0 Å². The molecule has 0 bridgehead atoms. The van der Waals surface area contributed by atoms with E-state index in [1.165, 1.54) is 283 Å². The van der Waals surface area contributed by atoms with E-state index in [-0.39, 0.29) is 31.1 Å². The molecule has 0 rings (SSSR count). The Kier molecular flexibility index (Phi) is 68.1. The fraction of sp³-hybridized carbons (Fsp3) is 0.880. The number of rotatable bonds is 68. The third kappa shape index (κ3) is 68.3. The molecule has 0 radical (unpaired) electrons. The van der Waals surface area contributed by atoms with Crippen LogP contribution >= 0.6 is 0 Å². The number of carbonyl (C=O) groups is 3. The fourth-order valence-corrected chi connectivity index (χ4v) is 11.1. The van der Waals surface area contributed by atoms with Crippen molar-refractivity contribution in [2.45, 2.75) is 412 Å². The standard InChI is InChI=1S/C75H140O6/c1-4-7-10-13-16-19-22-25-27-28-29-30-31-32-33-34-35-36-37-38-39-40-41-42-43-44-45-46-48-50-53-56-59-62-65-68-74(77)80-71-72(70-79-73(76)67-64-61-58-55-52-49-24-21-18-15-12-9-6-3)81-75(78)69-66-63-60-57-54-51-47-26-23-20-17-14-11-8-5-2/h12,15,21,24,28-29,72H,4-11,13-14,16-20,22-23,25-27,30-71H2,1-3H3/b15-12-,24-21-,29-28-. The minimum Gasteiger partial charge on any atom is -0.462 e. The average molecular weight is 1140 g/mol. The minimum atomic E-state index is -0.774. The molecule has 0 fully saturated rings. The van der Waals surface area contributed by atoms with Crippen molar-refractivity contribution >= 4 is 17.9 Å². The molecule has 476 valence electrons. The number of hydrogen-bond acceptors (Lipinski definition) is 6. The monoisotopic (exact) mass is 1140 g/mol. The lowest BCUT2D eigenvalue weighted by atomic mass is 10.0. The van der Waals surface area contributed by atoms with Crippen LogP contribution in [0.1, 0.15) is 406 Å². The highest BCUT2D eigenvalue weighted by Crippen LogP contribution is 2.19. The summed E-state index contributed by atoms with van der Waals surface area (Å²) < 4.78 is 17.0. The summed E-state index contributed by atoms with van der Waals surface area (Å²) in [5.74, 6) is -0.858. The lowest BCUT2D eigenvalue weighted by Crippen LogP contribution is -2.30. The SMILES string of the molecule is CCC/C=C\C/C=C\CCCCCCCC(=O)OCC(COC(=O)CCCCCCCCCCCCCCCCCCCCCCCCC/C=C\CCCCCCCCCC)OC(=O)CCCCCCCCCCCCCCCCC. The Balaban J connectivity index is 4.04. The topological polar surface area (TPSA) is 78.9 Å². The van der Waals surface area contributed by atoms with E-state index < -0.39 is 6.10 Å². The highest BCUT2D eigenvalue weighted by Gasteiger charge is 2.19. The van der Waals surface area contributed by atoms with Gasteiger partial charge in [-0.3, -0.25) is 14.4 Å². The molecular formula is C75H140O6. The Bertz CT molecular complexity index is 1350. The first kappa shape index (κ1) is 78.6. The van der Waals surface area contributed by atoms with Gasteiger partial charge < -0.3 is 14.2 Å². The lowest BCUT2D eigenvalue weighted by molar-refractivity contribution is -0.167. The molecule has 0 aliphatic rings. The van der Waals surface area contributed by atoms with Gasteiger partial charge >= 0.3 is 17.9 Å². The zero-order chi connectivity index (χ0) is 58.5. The van der Waals surface area contributed by atoms with Crippen molar-refractivity contribution in [2.24, 2.45) is 0 Å². The molecule has 0 heterocycles. The molecule has 0 saturated heterocycles. The molecule has 0 aromatic carbocycles. The lowest BCUT2D eigenvalue weighted by Gasteiger charge is -2.18. The number of hydrogen-bond donors (Lipinski definition) is 0. The molecule has 6 nitrogen and oxygen atoms in total. The van der Waals surface area contributed by atoms with E-state index >= 15 is 0 Å². The summed E-state index contributed by atoms with van der Waals surface area (Å²) in [6.45, 7) is 6.63. The van der Waals surface area contributed by atoms with Crippen LogP contribution < -0.4 is 0 Å². The van der Waals surface area contributed by atoms with Gasteiger partial charge in [-0.25, -0.2) is 0 Å². The van der Waals surface area contributed by atoms with E-state index in [0.717, 1.165) is 83.5 Å². The molecule has 0 spiro atoms. The second kappa shape index (κ2) is 70.1. The first-order valence-corrected chi connectivity index (χ1v) is 36.5. The Hall–Kier alpha value is -2.37. The van der Waals surface area contributed by atoms with Gasteiger partial charge in [-0.15, -0.1) is 0 Å². The Labute approximate surface area is 506 Å². The highest BCUT2D eigenvalue weighted by molar-refractivity contribution is 5.71. The van der Waals surface area contributed by atoms with Crippen LogP contribution in [-0.4, -0.2) is 37.2 Å². The van der Waals surface area contributed by atoms with Crippen molar-refractivity contribution in [1.29, 1.82) is 0 Å². The molecular weight excluding hydrogens is 997 g/mol. The van der Waals surface area contributed by atoms with Crippen LogP contribution in [0.3, 0.4) is 0 Å². The number of ether oxygens (including phenoxy) is 3. The third-order valence-electron chi connectivity index (χ3n) is 16.6. The van der Waals surface area contributed by atoms with Crippen molar-refractivity contribution in [3.05, 3.63) is 36.5 Å². The summed E-state index contributed by atoms with van der Waals surface area (Å²) in [6, 6.07) is 0. The zero-order valence-electron chi connectivity index (χ0n) is 54.8. The molecule has 0 N–H and O–H groups in total. The molecule has 0 aromatic heterocycles. The second-order valence-electron chi connectivity index (χ2n) is 24.9. The molecule has 1 atom stereocenters. The molecule has 0 saturated carbocycles. The van der Waals surface area contributed by atoms with Gasteiger partial charge in [-0.1, -0.05) is 353 Å². The van der Waals surface area contributed by atoms with Gasteiger partial charge in [0.15, 0.2) is 6.10 Å². The Morgan fingerprint density at radius 3 is 0.741 bits per heavy atom. The molecule has 0 aliphatic heterocycles. The van der Waals surface area contributed by atoms with E-state index in [1.54, 1.807) is 0 Å². The average Bonchev–Trinajstić information content (AvgIpc) is 3.46. The maximum absolute atomic E-state index is 12.9. The number of esters is 3. The second-order valence-corrected chi connectivity index (χ2v) is 24.9. The maximum atomic E-state index is 12.9. The van der Waals surface area contributed by atoms with Gasteiger partial charge in [0, 0.05) is 19.3 Å².